The van der Waals surface area contributed by atoms with Crippen LogP contribution in [-0.4, -0.2) is 25.2 Å². The Kier molecular flexibility index (Phi) is 5.85. The quantitative estimate of drug-likeness (QED) is 0.425. The van der Waals surface area contributed by atoms with Gasteiger partial charge in [0.05, 0.1) is 25.6 Å². The average Bonchev–Trinajstić information content (AvgIpc) is 2.63. The second-order valence-corrected chi connectivity index (χ2v) is 4.85. The van der Waals surface area contributed by atoms with Crippen molar-refractivity contribution in [2.45, 2.75) is 0 Å². The largest absolute Gasteiger partial charge is 0.506 e. The standard InChI is InChI=1S/C18H17N3O4/c1-24-13-7-8-17(25-2)15(9-13)21-18(23)12(10-19)11-20-14-5-3-4-6-16(14)22/h3-9,11,20,22H,1-2H3,(H,21,23)/b12-11-. The van der Waals surface area contributed by atoms with E-state index in [1.807, 2.05) is 6.07 Å². The lowest BCUT2D eigenvalue weighted by molar-refractivity contribution is -0.112. The van der Waals surface area contributed by atoms with Crippen molar-refractivity contribution in [3.63, 3.8) is 0 Å². The van der Waals surface area contributed by atoms with E-state index in [0.29, 0.717) is 22.9 Å². The molecule has 0 heterocycles. The number of hydrogen-bond acceptors (Lipinski definition) is 6. The number of phenolic OH excluding ortho intramolecular Hbond substituents is 1. The van der Waals surface area contributed by atoms with Crippen LogP contribution in [0, 0.1) is 11.3 Å². The Labute approximate surface area is 145 Å². The van der Waals surface area contributed by atoms with Crippen LogP contribution in [0.3, 0.4) is 0 Å². The van der Waals surface area contributed by atoms with Gasteiger partial charge in [-0.25, -0.2) is 0 Å². The third kappa shape index (κ3) is 4.42. The second kappa shape index (κ2) is 8.26. The normalized spacial score (nSPS) is 10.5. The van der Waals surface area contributed by atoms with Gasteiger partial charge in [-0.05, 0) is 24.3 Å². The summed E-state index contributed by atoms with van der Waals surface area (Å²) in [4.78, 5) is 12.3. The van der Waals surface area contributed by atoms with Crippen LogP contribution >= 0.6 is 0 Å². The molecule has 2 aromatic carbocycles. The van der Waals surface area contributed by atoms with Crippen LogP contribution in [0.5, 0.6) is 17.2 Å². The number of carbonyl (C=O) groups excluding carboxylic acids is 1. The lowest BCUT2D eigenvalue weighted by Gasteiger charge is -2.11. The topological polar surface area (TPSA) is 104 Å². The summed E-state index contributed by atoms with van der Waals surface area (Å²) in [6, 6.07) is 13.2. The van der Waals surface area contributed by atoms with Gasteiger partial charge in [0.2, 0.25) is 0 Å². The Morgan fingerprint density at radius 1 is 1.16 bits per heavy atom. The molecule has 0 spiro atoms. The predicted molar refractivity (Wildman–Crippen MR) is 93.6 cm³/mol. The van der Waals surface area contributed by atoms with Gasteiger partial charge in [-0.2, -0.15) is 5.26 Å². The van der Waals surface area contributed by atoms with E-state index >= 15 is 0 Å². The number of nitrogens with one attached hydrogen (secondary N) is 2. The molecule has 2 aromatic rings. The zero-order valence-electron chi connectivity index (χ0n) is 13.7. The van der Waals surface area contributed by atoms with Crippen LogP contribution in [0.2, 0.25) is 0 Å². The number of carbonyl (C=O) groups is 1. The smallest absolute Gasteiger partial charge is 0.267 e. The van der Waals surface area contributed by atoms with E-state index < -0.39 is 5.91 Å². The molecule has 0 radical (unpaired) electrons. The summed E-state index contributed by atoms with van der Waals surface area (Å²) in [6.07, 6.45) is 1.22. The maximum absolute atomic E-state index is 12.3. The van der Waals surface area contributed by atoms with Crippen molar-refractivity contribution in [3.05, 3.63) is 54.2 Å². The fourth-order valence-electron chi connectivity index (χ4n) is 2.00. The number of nitrogens with zero attached hydrogens (tertiary/aromatic N) is 1. The van der Waals surface area contributed by atoms with Crippen LogP contribution in [0.15, 0.2) is 54.2 Å². The van der Waals surface area contributed by atoms with Crippen LogP contribution in [-0.2, 0) is 4.79 Å². The number of nitriles is 1. The third-order valence-corrected chi connectivity index (χ3v) is 3.30. The van der Waals surface area contributed by atoms with Crippen molar-refractivity contribution in [2.75, 3.05) is 24.9 Å². The fraction of sp³-hybridized carbons (Fsp3) is 0.111. The number of ether oxygens (including phenoxy) is 2. The lowest BCUT2D eigenvalue weighted by Crippen LogP contribution is -2.15. The van der Waals surface area contributed by atoms with Crippen molar-refractivity contribution in [1.82, 2.24) is 0 Å². The van der Waals surface area contributed by atoms with Crippen molar-refractivity contribution in [3.8, 4) is 23.3 Å². The van der Waals surface area contributed by atoms with E-state index in [1.165, 1.54) is 26.5 Å². The zero-order chi connectivity index (χ0) is 18.2. The Bertz CT molecular complexity index is 840. The van der Waals surface area contributed by atoms with Gasteiger partial charge in [-0.3, -0.25) is 4.79 Å². The number of benzene rings is 2. The van der Waals surface area contributed by atoms with Gasteiger partial charge in [-0.1, -0.05) is 12.1 Å². The molecule has 25 heavy (non-hydrogen) atoms. The Morgan fingerprint density at radius 3 is 2.56 bits per heavy atom. The molecular weight excluding hydrogens is 322 g/mol. The molecule has 0 atom stereocenters. The van der Waals surface area contributed by atoms with Crippen LogP contribution in [0.4, 0.5) is 11.4 Å². The van der Waals surface area contributed by atoms with Crippen LogP contribution in [0.25, 0.3) is 0 Å². The first-order valence-electron chi connectivity index (χ1n) is 7.27. The Morgan fingerprint density at radius 2 is 1.92 bits per heavy atom. The summed E-state index contributed by atoms with van der Waals surface area (Å²) in [5, 5.41) is 24.2. The maximum atomic E-state index is 12.3. The second-order valence-electron chi connectivity index (χ2n) is 4.85. The molecule has 7 heteroatoms. The highest BCUT2D eigenvalue weighted by molar-refractivity contribution is 6.07. The van der Waals surface area contributed by atoms with Gasteiger partial charge in [0, 0.05) is 12.3 Å². The average molecular weight is 339 g/mol. The third-order valence-electron chi connectivity index (χ3n) is 3.30. The highest BCUT2D eigenvalue weighted by Gasteiger charge is 2.13. The minimum atomic E-state index is -0.628. The first-order chi connectivity index (χ1) is 12.1. The van der Waals surface area contributed by atoms with Gasteiger partial charge >= 0.3 is 0 Å². The van der Waals surface area contributed by atoms with Crippen LogP contribution in [0.1, 0.15) is 0 Å². The molecule has 3 N–H and O–H groups in total. The van der Waals surface area contributed by atoms with Gasteiger partial charge < -0.3 is 25.2 Å². The first kappa shape index (κ1) is 17.7. The molecule has 0 saturated carbocycles. The highest BCUT2D eigenvalue weighted by atomic mass is 16.5. The number of anilines is 2. The number of amides is 1. The molecule has 0 fully saturated rings. The summed E-state index contributed by atoms with van der Waals surface area (Å²) in [5.41, 5.74) is 0.575. The molecule has 0 bridgehead atoms. The Hall–Kier alpha value is -3.66. The molecule has 0 saturated heterocycles. The molecule has 0 unspecified atom stereocenters. The Balaban J connectivity index is 2.19. The van der Waals surface area contributed by atoms with E-state index in [-0.39, 0.29) is 11.3 Å². The monoisotopic (exact) mass is 339 g/mol. The van der Waals surface area contributed by atoms with Crippen molar-refractivity contribution in [2.24, 2.45) is 0 Å². The predicted octanol–water partition coefficient (Wildman–Crippen LogP) is 2.87. The molecular formula is C18H17N3O4. The molecule has 0 aromatic heterocycles. The summed E-state index contributed by atoms with van der Waals surface area (Å²) >= 11 is 0. The molecule has 0 aliphatic heterocycles. The molecule has 1 amide bonds. The minimum absolute atomic E-state index is 0.00547. The summed E-state index contributed by atoms with van der Waals surface area (Å²) in [6.45, 7) is 0. The van der Waals surface area contributed by atoms with Gasteiger partial charge in [0.15, 0.2) is 0 Å². The van der Waals surface area contributed by atoms with E-state index in [4.69, 9.17) is 9.47 Å². The summed E-state index contributed by atoms with van der Waals surface area (Å²) in [5.74, 6) is 0.342. The molecule has 7 nitrogen and oxygen atoms in total. The summed E-state index contributed by atoms with van der Waals surface area (Å²) in [7, 11) is 2.97. The van der Waals surface area contributed by atoms with E-state index in [0.717, 1.165) is 0 Å². The van der Waals surface area contributed by atoms with Crippen molar-refractivity contribution < 1.29 is 19.4 Å². The van der Waals surface area contributed by atoms with Gasteiger partial charge in [0.1, 0.15) is 28.9 Å². The number of methoxy groups -OCH3 is 2. The van der Waals surface area contributed by atoms with E-state index in [9.17, 15) is 15.2 Å². The number of para-hydroxylation sites is 2. The molecule has 128 valence electrons. The fourth-order valence-corrected chi connectivity index (χ4v) is 2.00. The van der Waals surface area contributed by atoms with Crippen LogP contribution < -0.4 is 20.1 Å². The molecule has 0 aliphatic rings. The highest BCUT2D eigenvalue weighted by Crippen LogP contribution is 2.29. The van der Waals surface area contributed by atoms with Crippen molar-refractivity contribution >= 4 is 17.3 Å². The van der Waals surface area contributed by atoms with E-state index in [2.05, 4.69) is 10.6 Å². The molecule has 2 rings (SSSR count). The number of aromatic hydroxyl groups is 1. The van der Waals surface area contributed by atoms with E-state index in [1.54, 1.807) is 36.4 Å². The lowest BCUT2D eigenvalue weighted by atomic mass is 10.2. The van der Waals surface area contributed by atoms with Gasteiger partial charge in [-0.15, -0.1) is 0 Å². The summed E-state index contributed by atoms with van der Waals surface area (Å²) < 4.78 is 10.3. The number of rotatable bonds is 6. The molecule has 0 aliphatic carbocycles. The first-order valence-corrected chi connectivity index (χ1v) is 7.27. The SMILES string of the molecule is COc1ccc(OC)c(NC(=O)/C(C#N)=C\Nc2ccccc2O)c1. The van der Waals surface area contributed by atoms with Gasteiger partial charge in [0.25, 0.3) is 5.91 Å². The number of hydrogen-bond donors (Lipinski definition) is 3. The minimum Gasteiger partial charge on any atom is -0.506 e. The maximum Gasteiger partial charge on any atom is 0.267 e. The van der Waals surface area contributed by atoms with Crippen molar-refractivity contribution in [1.29, 1.82) is 5.26 Å². The zero-order valence-corrected chi connectivity index (χ0v) is 13.7. The number of phenols is 1.